The predicted molar refractivity (Wildman–Crippen MR) is 96.5 cm³/mol. The molecule has 1 saturated carbocycles. The third-order valence-corrected chi connectivity index (χ3v) is 4.23. The summed E-state index contributed by atoms with van der Waals surface area (Å²) in [7, 11) is 4.00. The van der Waals surface area contributed by atoms with Gasteiger partial charge in [-0.3, -0.25) is 10.00 Å². The number of amides is 2. The summed E-state index contributed by atoms with van der Waals surface area (Å²) >= 11 is 0. The SMILES string of the molecule is CCn1nc(NC(=O)NCc2cccc(N(C)C)c2)cc1C1CC1. The van der Waals surface area contributed by atoms with E-state index in [-0.39, 0.29) is 6.03 Å². The number of aryl methyl sites for hydroxylation is 1. The highest BCUT2D eigenvalue weighted by molar-refractivity contribution is 5.88. The summed E-state index contributed by atoms with van der Waals surface area (Å²) in [4.78, 5) is 14.2. The molecule has 3 rings (SSSR count). The quantitative estimate of drug-likeness (QED) is 0.856. The predicted octanol–water partition coefficient (Wildman–Crippen LogP) is 3.17. The van der Waals surface area contributed by atoms with Gasteiger partial charge in [0.1, 0.15) is 0 Å². The molecule has 2 aromatic rings. The molecule has 1 aliphatic carbocycles. The van der Waals surface area contributed by atoms with Gasteiger partial charge in [0.15, 0.2) is 5.82 Å². The summed E-state index contributed by atoms with van der Waals surface area (Å²) < 4.78 is 1.98. The molecule has 0 unspecified atom stereocenters. The number of rotatable bonds is 6. The molecule has 0 spiro atoms. The molecular weight excluding hydrogens is 302 g/mol. The minimum atomic E-state index is -0.228. The van der Waals surface area contributed by atoms with Gasteiger partial charge in [0.25, 0.3) is 0 Å². The summed E-state index contributed by atoms with van der Waals surface area (Å²) in [5.41, 5.74) is 3.41. The first kappa shape index (κ1) is 16.4. The van der Waals surface area contributed by atoms with E-state index in [9.17, 15) is 4.79 Å². The second kappa shape index (κ2) is 6.95. The third kappa shape index (κ3) is 3.88. The van der Waals surface area contributed by atoms with Gasteiger partial charge in [-0.25, -0.2) is 4.79 Å². The maximum absolute atomic E-state index is 12.1. The molecule has 2 N–H and O–H groups in total. The molecule has 0 bridgehead atoms. The van der Waals surface area contributed by atoms with Crippen molar-refractivity contribution in [3.63, 3.8) is 0 Å². The average molecular weight is 327 g/mol. The standard InChI is InChI=1S/C18H25N5O/c1-4-23-16(14-8-9-14)11-17(21-23)20-18(24)19-12-13-6-5-7-15(10-13)22(2)3/h5-7,10-11,14H,4,8-9,12H2,1-3H3,(H2,19,20,21,24). The van der Waals surface area contributed by atoms with Crippen LogP contribution < -0.4 is 15.5 Å². The van der Waals surface area contributed by atoms with Crippen LogP contribution >= 0.6 is 0 Å². The van der Waals surface area contributed by atoms with Crippen molar-refractivity contribution in [1.82, 2.24) is 15.1 Å². The molecular formula is C18H25N5O. The van der Waals surface area contributed by atoms with Crippen LogP contribution in [0.5, 0.6) is 0 Å². The Morgan fingerprint density at radius 3 is 2.79 bits per heavy atom. The van der Waals surface area contributed by atoms with Crippen molar-refractivity contribution >= 4 is 17.5 Å². The van der Waals surface area contributed by atoms with Crippen LogP contribution in [0.2, 0.25) is 0 Å². The fraction of sp³-hybridized carbons (Fsp3) is 0.444. The number of hydrogen-bond donors (Lipinski definition) is 2. The summed E-state index contributed by atoms with van der Waals surface area (Å²) in [5.74, 6) is 1.24. The lowest BCUT2D eigenvalue weighted by molar-refractivity contribution is 0.251. The van der Waals surface area contributed by atoms with E-state index in [4.69, 9.17) is 0 Å². The van der Waals surface area contributed by atoms with Gasteiger partial charge in [0.05, 0.1) is 0 Å². The van der Waals surface area contributed by atoms with Gasteiger partial charge in [0, 0.05) is 50.6 Å². The number of aromatic nitrogens is 2. The van der Waals surface area contributed by atoms with Gasteiger partial charge in [-0.2, -0.15) is 5.10 Å². The monoisotopic (exact) mass is 327 g/mol. The zero-order valence-corrected chi connectivity index (χ0v) is 14.5. The van der Waals surface area contributed by atoms with Crippen molar-refractivity contribution in [2.75, 3.05) is 24.3 Å². The van der Waals surface area contributed by atoms with Gasteiger partial charge < -0.3 is 10.2 Å². The molecule has 2 amide bonds. The van der Waals surface area contributed by atoms with Crippen LogP contribution in [0.1, 0.15) is 36.9 Å². The number of benzene rings is 1. The van der Waals surface area contributed by atoms with E-state index in [0.717, 1.165) is 17.8 Å². The van der Waals surface area contributed by atoms with Crippen LogP contribution in [0.4, 0.5) is 16.3 Å². The Morgan fingerprint density at radius 2 is 2.12 bits per heavy atom. The fourth-order valence-corrected chi connectivity index (χ4v) is 2.74. The van der Waals surface area contributed by atoms with Crippen molar-refractivity contribution in [2.45, 2.75) is 38.8 Å². The number of hydrogen-bond acceptors (Lipinski definition) is 3. The first-order valence-electron chi connectivity index (χ1n) is 8.45. The van der Waals surface area contributed by atoms with Gasteiger partial charge in [-0.15, -0.1) is 0 Å². The summed E-state index contributed by atoms with van der Waals surface area (Å²) in [6, 6.07) is 9.87. The maximum Gasteiger partial charge on any atom is 0.320 e. The Labute approximate surface area is 142 Å². The Balaban J connectivity index is 1.57. The van der Waals surface area contributed by atoms with Crippen molar-refractivity contribution in [1.29, 1.82) is 0 Å². The number of anilines is 2. The van der Waals surface area contributed by atoms with Crippen LogP contribution in [0.25, 0.3) is 0 Å². The second-order valence-corrected chi connectivity index (χ2v) is 6.42. The van der Waals surface area contributed by atoms with Crippen molar-refractivity contribution in [2.24, 2.45) is 0 Å². The lowest BCUT2D eigenvalue weighted by Gasteiger charge is -2.13. The van der Waals surface area contributed by atoms with E-state index in [1.807, 2.05) is 47.9 Å². The molecule has 1 aromatic carbocycles. The molecule has 24 heavy (non-hydrogen) atoms. The molecule has 0 atom stereocenters. The highest BCUT2D eigenvalue weighted by Crippen LogP contribution is 2.40. The van der Waals surface area contributed by atoms with Crippen LogP contribution in [-0.2, 0) is 13.1 Å². The highest BCUT2D eigenvalue weighted by atomic mass is 16.2. The van der Waals surface area contributed by atoms with Gasteiger partial charge in [-0.1, -0.05) is 12.1 Å². The van der Waals surface area contributed by atoms with Crippen molar-refractivity contribution in [3.05, 3.63) is 41.6 Å². The minimum Gasteiger partial charge on any atom is -0.378 e. The molecule has 1 heterocycles. The third-order valence-electron chi connectivity index (χ3n) is 4.23. The molecule has 1 aromatic heterocycles. The number of carbonyl (C=O) groups is 1. The lowest BCUT2D eigenvalue weighted by atomic mass is 10.2. The highest BCUT2D eigenvalue weighted by Gasteiger charge is 2.28. The molecule has 0 saturated heterocycles. The van der Waals surface area contributed by atoms with Gasteiger partial charge in [0.2, 0.25) is 0 Å². The van der Waals surface area contributed by atoms with Gasteiger partial charge in [-0.05, 0) is 37.5 Å². The number of urea groups is 1. The van der Waals surface area contributed by atoms with E-state index in [1.165, 1.54) is 18.5 Å². The summed E-state index contributed by atoms with van der Waals surface area (Å²) in [6.45, 7) is 3.38. The Morgan fingerprint density at radius 1 is 1.33 bits per heavy atom. The van der Waals surface area contributed by atoms with Crippen LogP contribution in [0.15, 0.2) is 30.3 Å². The summed E-state index contributed by atoms with van der Waals surface area (Å²) in [6.07, 6.45) is 2.44. The van der Waals surface area contributed by atoms with E-state index >= 15 is 0 Å². The first-order chi connectivity index (χ1) is 11.6. The fourth-order valence-electron chi connectivity index (χ4n) is 2.74. The van der Waals surface area contributed by atoms with Crippen LogP contribution in [0, 0.1) is 0 Å². The number of carbonyl (C=O) groups excluding carboxylic acids is 1. The van der Waals surface area contributed by atoms with E-state index in [2.05, 4.69) is 28.7 Å². The number of nitrogens with zero attached hydrogens (tertiary/aromatic N) is 3. The molecule has 6 nitrogen and oxygen atoms in total. The zero-order valence-electron chi connectivity index (χ0n) is 14.5. The minimum absolute atomic E-state index is 0.228. The molecule has 6 heteroatoms. The molecule has 0 radical (unpaired) electrons. The Hall–Kier alpha value is -2.50. The molecule has 0 aliphatic heterocycles. The summed E-state index contributed by atoms with van der Waals surface area (Å²) in [5, 5.41) is 10.2. The molecule has 1 fully saturated rings. The zero-order chi connectivity index (χ0) is 17.1. The Kier molecular flexibility index (Phi) is 4.74. The number of nitrogens with one attached hydrogen (secondary N) is 2. The second-order valence-electron chi connectivity index (χ2n) is 6.42. The largest absolute Gasteiger partial charge is 0.378 e. The molecule has 128 valence electrons. The normalized spacial score (nSPS) is 13.6. The lowest BCUT2D eigenvalue weighted by Crippen LogP contribution is -2.28. The first-order valence-corrected chi connectivity index (χ1v) is 8.45. The van der Waals surface area contributed by atoms with Crippen molar-refractivity contribution < 1.29 is 4.79 Å². The van der Waals surface area contributed by atoms with E-state index < -0.39 is 0 Å². The topological polar surface area (TPSA) is 62.2 Å². The van der Waals surface area contributed by atoms with Crippen LogP contribution in [-0.4, -0.2) is 29.9 Å². The Bertz CT molecular complexity index is 718. The van der Waals surface area contributed by atoms with Gasteiger partial charge >= 0.3 is 6.03 Å². The van der Waals surface area contributed by atoms with Crippen LogP contribution in [0.3, 0.4) is 0 Å². The smallest absolute Gasteiger partial charge is 0.320 e. The van der Waals surface area contributed by atoms with Crippen molar-refractivity contribution in [3.8, 4) is 0 Å². The maximum atomic E-state index is 12.1. The molecule has 1 aliphatic rings. The van der Waals surface area contributed by atoms with E-state index in [0.29, 0.717) is 18.3 Å². The average Bonchev–Trinajstić information content (AvgIpc) is 3.34. The van der Waals surface area contributed by atoms with E-state index in [1.54, 1.807) is 0 Å².